The molecular formula is C23H32N6O2. The summed E-state index contributed by atoms with van der Waals surface area (Å²) in [4.78, 5) is 22.9. The molecule has 0 saturated carbocycles. The van der Waals surface area contributed by atoms with Crippen LogP contribution in [0.2, 0.25) is 0 Å². The minimum atomic E-state index is -0.133. The molecule has 1 fully saturated rings. The van der Waals surface area contributed by atoms with Crippen LogP contribution in [0.3, 0.4) is 0 Å². The third-order valence-electron chi connectivity index (χ3n) is 5.40. The number of hydrogen-bond acceptors (Lipinski definition) is 5. The average Bonchev–Trinajstić information content (AvgIpc) is 3.36. The zero-order chi connectivity index (χ0) is 21.9. The fourth-order valence-corrected chi connectivity index (χ4v) is 3.71. The summed E-state index contributed by atoms with van der Waals surface area (Å²) in [5.74, 6) is 1.45. The van der Waals surface area contributed by atoms with Gasteiger partial charge in [-0.2, -0.15) is 0 Å². The van der Waals surface area contributed by atoms with Gasteiger partial charge in [-0.25, -0.2) is 0 Å². The van der Waals surface area contributed by atoms with Crippen molar-refractivity contribution in [3.8, 4) is 5.75 Å². The molecule has 1 saturated heterocycles. The quantitative estimate of drug-likeness (QED) is 0.323. The second-order valence-corrected chi connectivity index (χ2v) is 7.41. The maximum Gasteiger partial charge on any atom is 0.252 e. The van der Waals surface area contributed by atoms with Crippen LogP contribution in [-0.2, 0) is 0 Å². The van der Waals surface area contributed by atoms with Gasteiger partial charge in [0.2, 0.25) is 0 Å². The Morgan fingerprint density at radius 3 is 2.52 bits per heavy atom. The molecular weight excluding hydrogens is 392 g/mol. The van der Waals surface area contributed by atoms with Crippen molar-refractivity contribution >= 4 is 11.9 Å². The summed E-state index contributed by atoms with van der Waals surface area (Å²) in [6.45, 7) is 4.01. The fraction of sp³-hybridized carbons (Fsp3) is 0.435. The number of likely N-dealkylation sites (tertiary alicyclic amines) is 1. The van der Waals surface area contributed by atoms with Crippen molar-refractivity contribution in [3.63, 3.8) is 0 Å². The molecule has 8 nitrogen and oxygen atoms in total. The molecule has 1 aromatic heterocycles. The fourth-order valence-electron chi connectivity index (χ4n) is 3.71. The largest absolute Gasteiger partial charge is 0.497 e. The van der Waals surface area contributed by atoms with Crippen LogP contribution in [0.5, 0.6) is 5.75 Å². The number of pyridine rings is 1. The Labute approximate surface area is 184 Å². The second kappa shape index (κ2) is 11.9. The van der Waals surface area contributed by atoms with Crippen molar-refractivity contribution in [1.29, 1.82) is 0 Å². The van der Waals surface area contributed by atoms with Gasteiger partial charge in [0.15, 0.2) is 5.96 Å². The Kier molecular flexibility index (Phi) is 8.66. The summed E-state index contributed by atoms with van der Waals surface area (Å²) in [7, 11) is 3.44. The van der Waals surface area contributed by atoms with Crippen molar-refractivity contribution in [2.45, 2.75) is 18.9 Å². The molecule has 2 aromatic rings. The van der Waals surface area contributed by atoms with E-state index in [4.69, 9.17) is 4.74 Å². The molecule has 0 spiro atoms. The lowest BCUT2D eigenvalue weighted by atomic mass is 10.1. The van der Waals surface area contributed by atoms with Gasteiger partial charge in [0.25, 0.3) is 5.91 Å². The van der Waals surface area contributed by atoms with Gasteiger partial charge in [-0.05, 0) is 55.8 Å². The lowest BCUT2D eigenvalue weighted by Gasteiger charge is -2.29. The van der Waals surface area contributed by atoms with E-state index in [-0.39, 0.29) is 11.9 Å². The van der Waals surface area contributed by atoms with E-state index >= 15 is 0 Å². The highest BCUT2D eigenvalue weighted by Crippen LogP contribution is 2.26. The van der Waals surface area contributed by atoms with Crippen LogP contribution < -0.4 is 20.7 Å². The number of aromatic nitrogens is 1. The number of nitrogens with one attached hydrogen (secondary N) is 3. The Morgan fingerprint density at radius 1 is 1.13 bits per heavy atom. The summed E-state index contributed by atoms with van der Waals surface area (Å²) in [5, 5.41) is 9.58. The van der Waals surface area contributed by atoms with E-state index in [1.165, 1.54) is 18.4 Å². The van der Waals surface area contributed by atoms with E-state index in [1.54, 1.807) is 38.7 Å². The Bertz CT molecular complexity index is 835. The molecule has 3 N–H and O–H groups in total. The highest BCUT2D eigenvalue weighted by atomic mass is 16.5. The summed E-state index contributed by atoms with van der Waals surface area (Å²) in [6, 6.07) is 12.0. The van der Waals surface area contributed by atoms with Gasteiger partial charge in [0, 0.05) is 39.1 Å². The number of nitrogens with zero attached hydrogens (tertiary/aromatic N) is 3. The van der Waals surface area contributed by atoms with Crippen LogP contribution in [0.15, 0.2) is 53.8 Å². The first-order valence-electron chi connectivity index (χ1n) is 10.7. The lowest BCUT2D eigenvalue weighted by Crippen LogP contribution is -2.44. The second-order valence-electron chi connectivity index (χ2n) is 7.41. The van der Waals surface area contributed by atoms with Crippen molar-refractivity contribution in [1.82, 2.24) is 25.8 Å². The first-order valence-corrected chi connectivity index (χ1v) is 10.7. The van der Waals surface area contributed by atoms with Crippen LogP contribution >= 0.6 is 0 Å². The third kappa shape index (κ3) is 6.68. The van der Waals surface area contributed by atoms with Gasteiger partial charge < -0.3 is 20.7 Å². The molecule has 0 bridgehead atoms. The Hall–Kier alpha value is -3.13. The first kappa shape index (κ1) is 22.6. The van der Waals surface area contributed by atoms with Gasteiger partial charge in [0.1, 0.15) is 5.75 Å². The smallest absolute Gasteiger partial charge is 0.252 e. The Morgan fingerprint density at radius 2 is 1.87 bits per heavy atom. The monoisotopic (exact) mass is 424 g/mol. The summed E-state index contributed by atoms with van der Waals surface area (Å²) < 4.78 is 5.30. The molecule has 0 radical (unpaired) electrons. The maximum atomic E-state index is 12.1. The van der Waals surface area contributed by atoms with E-state index in [9.17, 15) is 4.79 Å². The molecule has 2 heterocycles. The minimum Gasteiger partial charge on any atom is -0.497 e. The molecule has 1 unspecified atom stereocenters. The van der Waals surface area contributed by atoms with Crippen molar-refractivity contribution < 1.29 is 9.53 Å². The number of amides is 1. The number of hydrogen-bond donors (Lipinski definition) is 3. The van der Waals surface area contributed by atoms with E-state index < -0.39 is 0 Å². The van der Waals surface area contributed by atoms with Crippen LogP contribution in [0.4, 0.5) is 0 Å². The zero-order valence-corrected chi connectivity index (χ0v) is 18.3. The molecule has 1 amide bonds. The first-order chi connectivity index (χ1) is 15.2. The zero-order valence-electron chi connectivity index (χ0n) is 18.3. The number of methoxy groups -OCH3 is 1. The maximum absolute atomic E-state index is 12.1. The van der Waals surface area contributed by atoms with Gasteiger partial charge in [-0.3, -0.25) is 19.7 Å². The van der Waals surface area contributed by atoms with E-state index in [0.717, 1.165) is 25.4 Å². The van der Waals surface area contributed by atoms with Crippen molar-refractivity contribution in [3.05, 3.63) is 59.9 Å². The number of carbonyl (C=O) groups excluding carboxylic acids is 1. The molecule has 1 aromatic carbocycles. The highest BCUT2D eigenvalue weighted by Gasteiger charge is 2.23. The molecule has 1 aliphatic heterocycles. The van der Waals surface area contributed by atoms with E-state index in [2.05, 4.69) is 43.0 Å². The van der Waals surface area contributed by atoms with Gasteiger partial charge in [-0.15, -0.1) is 0 Å². The minimum absolute atomic E-state index is 0.133. The topological polar surface area (TPSA) is 90.9 Å². The Balaban J connectivity index is 1.49. The van der Waals surface area contributed by atoms with Gasteiger partial charge in [-0.1, -0.05) is 12.1 Å². The number of guanidine groups is 1. The molecule has 1 atom stereocenters. The number of rotatable bonds is 9. The normalized spacial score (nSPS) is 15.4. The summed E-state index contributed by atoms with van der Waals surface area (Å²) in [5.41, 5.74) is 1.81. The van der Waals surface area contributed by atoms with Crippen molar-refractivity contribution in [2.75, 3.05) is 46.9 Å². The number of benzene rings is 1. The molecule has 8 heteroatoms. The number of ether oxygens (including phenoxy) is 1. The highest BCUT2D eigenvalue weighted by molar-refractivity contribution is 5.93. The predicted octanol–water partition coefficient (Wildman–Crippen LogP) is 1.82. The van der Waals surface area contributed by atoms with Crippen LogP contribution in [0.25, 0.3) is 0 Å². The molecule has 3 rings (SSSR count). The third-order valence-corrected chi connectivity index (χ3v) is 5.40. The molecule has 31 heavy (non-hydrogen) atoms. The van der Waals surface area contributed by atoms with E-state index in [0.29, 0.717) is 24.6 Å². The lowest BCUT2D eigenvalue weighted by molar-refractivity contribution is 0.0954. The molecule has 0 aliphatic carbocycles. The van der Waals surface area contributed by atoms with Crippen molar-refractivity contribution in [2.24, 2.45) is 4.99 Å². The number of aliphatic imine (C=N–C) groups is 1. The molecule has 166 valence electrons. The summed E-state index contributed by atoms with van der Waals surface area (Å²) in [6.07, 6.45) is 5.67. The standard InChI is InChI=1S/C23H32N6O2/c1-24-23(27-13-12-26-22(30)19-6-5-11-25-16-19)28-17-21(29-14-3-4-15-29)18-7-9-20(31-2)10-8-18/h5-11,16,21H,3-4,12-15,17H2,1-2H3,(H,26,30)(H2,24,27,28). The SMILES string of the molecule is CN=C(NCCNC(=O)c1cccnc1)NCC(c1ccc(OC)cc1)N1CCCC1. The van der Waals surface area contributed by atoms with Gasteiger partial charge in [0.05, 0.1) is 18.7 Å². The summed E-state index contributed by atoms with van der Waals surface area (Å²) >= 11 is 0. The average molecular weight is 425 g/mol. The van der Waals surface area contributed by atoms with E-state index in [1.807, 2.05) is 12.1 Å². The number of carbonyl (C=O) groups is 1. The van der Waals surface area contributed by atoms with Crippen LogP contribution in [-0.4, -0.2) is 68.6 Å². The van der Waals surface area contributed by atoms with Crippen LogP contribution in [0, 0.1) is 0 Å². The van der Waals surface area contributed by atoms with Crippen LogP contribution in [0.1, 0.15) is 34.8 Å². The van der Waals surface area contributed by atoms with Gasteiger partial charge >= 0.3 is 0 Å². The molecule has 1 aliphatic rings. The predicted molar refractivity (Wildman–Crippen MR) is 122 cm³/mol.